The van der Waals surface area contributed by atoms with Crippen molar-refractivity contribution in [1.82, 2.24) is 10.2 Å². The van der Waals surface area contributed by atoms with Gasteiger partial charge in [-0.25, -0.2) is 0 Å². The molecule has 2 aromatic rings. The third-order valence-electron chi connectivity index (χ3n) is 1.91. The third kappa shape index (κ3) is 1.16. The first-order valence-corrected chi connectivity index (χ1v) is 3.82. The predicted molar refractivity (Wildman–Crippen MR) is 48.0 cm³/mol. The zero-order valence-electron chi connectivity index (χ0n) is 7.07. The number of carbonyl (C=O) groups excluding carboxylic acids is 1. The van der Waals surface area contributed by atoms with Crippen LogP contribution in [-0.4, -0.2) is 23.6 Å². The van der Waals surface area contributed by atoms with E-state index in [1.165, 1.54) is 0 Å². The summed E-state index contributed by atoms with van der Waals surface area (Å²) in [6, 6.07) is 5.40. The molecule has 0 atom stereocenters. The highest BCUT2D eigenvalue weighted by molar-refractivity contribution is 5.95. The zero-order chi connectivity index (χ0) is 9.26. The smallest absolute Gasteiger partial charge is 0.170 e. The number of aromatic amines is 1. The SMILES string of the molecule is COc1ccc2c(C=O)n[nH]c2c1. The molecule has 13 heavy (non-hydrogen) atoms. The van der Waals surface area contributed by atoms with Gasteiger partial charge in [0.1, 0.15) is 11.4 Å². The van der Waals surface area contributed by atoms with E-state index in [9.17, 15) is 4.79 Å². The van der Waals surface area contributed by atoms with Crippen LogP contribution in [0.25, 0.3) is 10.9 Å². The quantitative estimate of drug-likeness (QED) is 0.703. The summed E-state index contributed by atoms with van der Waals surface area (Å²) < 4.78 is 5.03. The zero-order valence-corrected chi connectivity index (χ0v) is 7.07. The summed E-state index contributed by atoms with van der Waals surface area (Å²) >= 11 is 0. The second-order valence-corrected chi connectivity index (χ2v) is 2.64. The largest absolute Gasteiger partial charge is 0.497 e. The minimum absolute atomic E-state index is 0.428. The Balaban J connectivity index is 2.67. The van der Waals surface area contributed by atoms with Crippen molar-refractivity contribution in [3.8, 4) is 5.75 Å². The molecule has 66 valence electrons. The van der Waals surface area contributed by atoms with Crippen LogP contribution in [-0.2, 0) is 0 Å². The molecule has 0 radical (unpaired) electrons. The Hall–Kier alpha value is -1.84. The van der Waals surface area contributed by atoms with Crippen LogP contribution in [0.5, 0.6) is 5.75 Å². The molecule has 0 aliphatic rings. The van der Waals surface area contributed by atoms with Gasteiger partial charge in [-0.2, -0.15) is 5.10 Å². The minimum atomic E-state index is 0.428. The van der Waals surface area contributed by atoms with Gasteiger partial charge in [-0.05, 0) is 12.1 Å². The number of hydrogen-bond donors (Lipinski definition) is 1. The van der Waals surface area contributed by atoms with E-state index in [1.807, 2.05) is 0 Å². The number of nitrogens with zero attached hydrogens (tertiary/aromatic N) is 1. The molecule has 0 unspecified atom stereocenters. The molecule has 0 saturated carbocycles. The number of fused-ring (bicyclic) bond motifs is 1. The van der Waals surface area contributed by atoms with Crippen molar-refractivity contribution < 1.29 is 9.53 Å². The number of aldehydes is 1. The van der Waals surface area contributed by atoms with Gasteiger partial charge in [0.25, 0.3) is 0 Å². The van der Waals surface area contributed by atoms with Gasteiger partial charge in [0.05, 0.1) is 12.6 Å². The van der Waals surface area contributed by atoms with Crippen LogP contribution in [0.3, 0.4) is 0 Å². The van der Waals surface area contributed by atoms with Crippen molar-refractivity contribution in [2.24, 2.45) is 0 Å². The van der Waals surface area contributed by atoms with Crippen molar-refractivity contribution in [2.75, 3.05) is 7.11 Å². The van der Waals surface area contributed by atoms with Crippen molar-refractivity contribution in [2.45, 2.75) is 0 Å². The molecule has 0 aliphatic carbocycles. The molecule has 0 spiro atoms. The average Bonchev–Trinajstić information content (AvgIpc) is 2.59. The van der Waals surface area contributed by atoms with Crippen molar-refractivity contribution in [3.05, 3.63) is 23.9 Å². The van der Waals surface area contributed by atoms with Gasteiger partial charge in [0.15, 0.2) is 6.29 Å². The molecule has 4 heteroatoms. The van der Waals surface area contributed by atoms with Crippen LogP contribution in [0.2, 0.25) is 0 Å². The summed E-state index contributed by atoms with van der Waals surface area (Å²) in [5, 5.41) is 7.41. The second kappa shape index (κ2) is 2.90. The fraction of sp³-hybridized carbons (Fsp3) is 0.111. The van der Waals surface area contributed by atoms with E-state index in [4.69, 9.17) is 4.74 Å². The number of hydrogen-bond acceptors (Lipinski definition) is 3. The summed E-state index contributed by atoms with van der Waals surface area (Å²) in [5.41, 5.74) is 1.24. The number of rotatable bonds is 2. The van der Waals surface area contributed by atoms with Gasteiger partial charge < -0.3 is 4.74 Å². The van der Waals surface area contributed by atoms with Crippen LogP contribution >= 0.6 is 0 Å². The predicted octanol–water partition coefficient (Wildman–Crippen LogP) is 1.38. The average molecular weight is 176 g/mol. The van der Waals surface area contributed by atoms with Gasteiger partial charge >= 0.3 is 0 Å². The van der Waals surface area contributed by atoms with Gasteiger partial charge in [0.2, 0.25) is 0 Å². The Morgan fingerprint density at radius 2 is 2.38 bits per heavy atom. The van der Waals surface area contributed by atoms with Crippen molar-refractivity contribution >= 4 is 17.2 Å². The van der Waals surface area contributed by atoms with Gasteiger partial charge in [0, 0.05) is 11.5 Å². The van der Waals surface area contributed by atoms with E-state index in [1.54, 1.807) is 25.3 Å². The molecule has 1 N–H and O–H groups in total. The minimum Gasteiger partial charge on any atom is -0.497 e. The van der Waals surface area contributed by atoms with Gasteiger partial charge in [-0.15, -0.1) is 0 Å². The standard InChI is InChI=1S/C9H8N2O2/c1-13-6-2-3-7-8(4-6)10-11-9(7)5-12/h2-5H,1H3,(H,10,11). The molecule has 0 bridgehead atoms. The molecule has 1 aromatic heterocycles. The maximum Gasteiger partial charge on any atom is 0.170 e. The molecular weight excluding hydrogens is 168 g/mol. The lowest BCUT2D eigenvalue weighted by Gasteiger charge is -1.97. The van der Waals surface area contributed by atoms with Crippen LogP contribution in [0.15, 0.2) is 18.2 Å². The Kier molecular flexibility index (Phi) is 1.73. The summed E-state index contributed by atoms with van der Waals surface area (Å²) in [6.45, 7) is 0. The number of methoxy groups -OCH3 is 1. The fourth-order valence-corrected chi connectivity index (χ4v) is 1.24. The summed E-state index contributed by atoms with van der Waals surface area (Å²) in [7, 11) is 1.60. The Labute approximate surface area is 74.5 Å². The number of aromatic nitrogens is 2. The van der Waals surface area contributed by atoms with E-state index < -0.39 is 0 Å². The molecule has 0 saturated heterocycles. The third-order valence-corrected chi connectivity index (χ3v) is 1.91. The summed E-state index contributed by atoms with van der Waals surface area (Å²) in [5.74, 6) is 0.744. The number of H-pyrrole nitrogens is 1. The second-order valence-electron chi connectivity index (χ2n) is 2.64. The molecule has 0 aliphatic heterocycles. The topological polar surface area (TPSA) is 55.0 Å². The van der Waals surface area contributed by atoms with E-state index in [-0.39, 0.29) is 0 Å². The molecule has 2 rings (SSSR count). The number of benzene rings is 1. The lowest BCUT2D eigenvalue weighted by atomic mass is 10.2. The number of nitrogens with one attached hydrogen (secondary N) is 1. The van der Waals surface area contributed by atoms with Crippen LogP contribution in [0.4, 0.5) is 0 Å². The molecule has 1 aromatic carbocycles. The van der Waals surface area contributed by atoms with Crippen molar-refractivity contribution in [3.63, 3.8) is 0 Å². The van der Waals surface area contributed by atoms with E-state index in [0.717, 1.165) is 22.9 Å². The highest BCUT2D eigenvalue weighted by Crippen LogP contribution is 2.20. The normalized spacial score (nSPS) is 10.2. The van der Waals surface area contributed by atoms with Crippen LogP contribution in [0.1, 0.15) is 10.5 Å². The van der Waals surface area contributed by atoms with Crippen molar-refractivity contribution in [1.29, 1.82) is 0 Å². The summed E-state index contributed by atoms with van der Waals surface area (Å²) in [4.78, 5) is 10.5. The fourth-order valence-electron chi connectivity index (χ4n) is 1.24. The maximum atomic E-state index is 10.5. The molecule has 0 fully saturated rings. The first-order chi connectivity index (χ1) is 6.35. The van der Waals surface area contributed by atoms with E-state index >= 15 is 0 Å². The lowest BCUT2D eigenvalue weighted by molar-refractivity contribution is 0.112. The Bertz CT molecular complexity index is 448. The number of carbonyl (C=O) groups is 1. The summed E-state index contributed by atoms with van der Waals surface area (Å²) in [6.07, 6.45) is 0.727. The Morgan fingerprint density at radius 1 is 1.54 bits per heavy atom. The molecular formula is C9H8N2O2. The molecule has 4 nitrogen and oxygen atoms in total. The van der Waals surface area contributed by atoms with Gasteiger partial charge in [-0.1, -0.05) is 0 Å². The monoisotopic (exact) mass is 176 g/mol. The first kappa shape index (κ1) is 7.79. The van der Waals surface area contributed by atoms with Crippen LogP contribution in [0, 0.1) is 0 Å². The highest BCUT2D eigenvalue weighted by Gasteiger charge is 2.04. The maximum absolute atomic E-state index is 10.5. The van der Waals surface area contributed by atoms with Crippen LogP contribution < -0.4 is 4.74 Å². The number of ether oxygens (including phenoxy) is 1. The van der Waals surface area contributed by atoms with E-state index in [0.29, 0.717) is 5.69 Å². The molecule has 0 amide bonds. The van der Waals surface area contributed by atoms with E-state index in [2.05, 4.69) is 10.2 Å². The molecule has 1 heterocycles. The lowest BCUT2D eigenvalue weighted by Crippen LogP contribution is -1.82. The Morgan fingerprint density at radius 3 is 3.08 bits per heavy atom. The highest BCUT2D eigenvalue weighted by atomic mass is 16.5. The first-order valence-electron chi connectivity index (χ1n) is 3.82. The van der Waals surface area contributed by atoms with Gasteiger partial charge in [-0.3, -0.25) is 9.89 Å².